The molecule has 1 aliphatic rings. The van der Waals surface area contributed by atoms with Crippen LogP contribution in [0.5, 0.6) is 11.5 Å². The molecule has 5 nitrogen and oxygen atoms in total. The molecule has 1 aliphatic heterocycles. The van der Waals surface area contributed by atoms with Crippen molar-refractivity contribution >= 4 is 17.4 Å². The quantitative estimate of drug-likeness (QED) is 0.935. The fourth-order valence-electron chi connectivity index (χ4n) is 2.45. The lowest BCUT2D eigenvalue weighted by Crippen LogP contribution is -2.46. The standard InChI is InChI=1S/C17H20N2O3S/c1-12(16-8-5-9-23-16)18-17(20)19(2)10-13-11-21-14-6-3-4-7-15(14)22-13/h3-9,12-13H,10-11H2,1-2H3,(H,18,20)/t12-,13-/m1/s1. The molecule has 0 saturated heterocycles. The fourth-order valence-corrected chi connectivity index (χ4v) is 3.18. The molecule has 23 heavy (non-hydrogen) atoms. The van der Waals surface area contributed by atoms with Crippen molar-refractivity contribution in [1.82, 2.24) is 10.2 Å². The number of nitrogens with zero attached hydrogens (tertiary/aromatic N) is 1. The highest BCUT2D eigenvalue weighted by Crippen LogP contribution is 2.31. The maximum absolute atomic E-state index is 12.3. The molecule has 0 aliphatic carbocycles. The molecule has 2 amide bonds. The molecule has 2 aromatic rings. The smallest absolute Gasteiger partial charge is 0.317 e. The summed E-state index contributed by atoms with van der Waals surface area (Å²) in [5.74, 6) is 1.48. The second-order valence-electron chi connectivity index (χ2n) is 5.56. The molecule has 0 radical (unpaired) electrons. The maximum Gasteiger partial charge on any atom is 0.317 e. The van der Waals surface area contributed by atoms with Gasteiger partial charge in [-0.2, -0.15) is 0 Å². The Balaban J connectivity index is 1.53. The molecule has 122 valence electrons. The molecule has 0 spiro atoms. The van der Waals surface area contributed by atoms with Crippen LogP contribution in [0.2, 0.25) is 0 Å². The van der Waals surface area contributed by atoms with E-state index in [0.29, 0.717) is 13.2 Å². The van der Waals surface area contributed by atoms with Gasteiger partial charge in [-0.25, -0.2) is 4.79 Å². The van der Waals surface area contributed by atoms with E-state index in [4.69, 9.17) is 9.47 Å². The largest absolute Gasteiger partial charge is 0.486 e. The number of urea groups is 1. The van der Waals surface area contributed by atoms with E-state index in [1.165, 1.54) is 0 Å². The van der Waals surface area contributed by atoms with E-state index in [1.807, 2.05) is 48.7 Å². The van der Waals surface area contributed by atoms with Crippen LogP contribution in [0.15, 0.2) is 41.8 Å². The van der Waals surface area contributed by atoms with Gasteiger partial charge in [0.05, 0.1) is 12.6 Å². The van der Waals surface area contributed by atoms with E-state index in [-0.39, 0.29) is 18.2 Å². The van der Waals surface area contributed by atoms with Gasteiger partial charge in [0.25, 0.3) is 0 Å². The van der Waals surface area contributed by atoms with Crippen molar-refractivity contribution in [2.24, 2.45) is 0 Å². The number of amides is 2. The number of likely N-dealkylation sites (N-methyl/N-ethyl adjacent to an activating group) is 1. The molecule has 6 heteroatoms. The zero-order valence-electron chi connectivity index (χ0n) is 13.2. The van der Waals surface area contributed by atoms with Gasteiger partial charge in [-0.15, -0.1) is 11.3 Å². The van der Waals surface area contributed by atoms with Crippen LogP contribution in [0.25, 0.3) is 0 Å². The zero-order valence-corrected chi connectivity index (χ0v) is 14.0. The van der Waals surface area contributed by atoms with Gasteiger partial charge in [0.1, 0.15) is 6.61 Å². The van der Waals surface area contributed by atoms with Crippen molar-refractivity contribution in [3.8, 4) is 11.5 Å². The monoisotopic (exact) mass is 332 g/mol. The van der Waals surface area contributed by atoms with Gasteiger partial charge in [-0.3, -0.25) is 0 Å². The van der Waals surface area contributed by atoms with E-state index in [1.54, 1.807) is 23.3 Å². The summed E-state index contributed by atoms with van der Waals surface area (Å²) in [7, 11) is 1.76. The third kappa shape index (κ3) is 3.76. The molecule has 1 aromatic heterocycles. The minimum Gasteiger partial charge on any atom is -0.486 e. The number of benzene rings is 1. The summed E-state index contributed by atoms with van der Waals surface area (Å²) >= 11 is 1.63. The van der Waals surface area contributed by atoms with Crippen LogP contribution in [0.3, 0.4) is 0 Å². The SMILES string of the molecule is C[C@@H](NC(=O)N(C)C[C@@H]1COc2ccccc2O1)c1cccs1. The highest BCUT2D eigenvalue weighted by molar-refractivity contribution is 7.10. The predicted molar refractivity (Wildman–Crippen MR) is 90.2 cm³/mol. The lowest BCUT2D eigenvalue weighted by molar-refractivity contribution is 0.0713. The first-order valence-electron chi connectivity index (χ1n) is 7.57. The Morgan fingerprint density at radius 2 is 2.13 bits per heavy atom. The Labute approximate surface area is 139 Å². The van der Waals surface area contributed by atoms with Crippen molar-refractivity contribution < 1.29 is 14.3 Å². The van der Waals surface area contributed by atoms with Crippen LogP contribution in [0.1, 0.15) is 17.8 Å². The number of thiophene rings is 1. The van der Waals surface area contributed by atoms with E-state index in [9.17, 15) is 4.79 Å². The Morgan fingerprint density at radius 1 is 1.35 bits per heavy atom. The maximum atomic E-state index is 12.3. The first kappa shape index (κ1) is 15.7. The highest BCUT2D eigenvalue weighted by Gasteiger charge is 2.24. The molecule has 0 saturated carbocycles. The lowest BCUT2D eigenvalue weighted by Gasteiger charge is -2.30. The number of ether oxygens (including phenoxy) is 2. The first-order chi connectivity index (χ1) is 11.1. The molecule has 1 N–H and O–H groups in total. The molecule has 0 fully saturated rings. The summed E-state index contributed by atoms with van der Waals surface area (Å²) in [6.45, 7) is 2.89. The van der Waals surface area contributed by atoms with Crippen LogP contribution in [0.4, 0.5) is 4.79 Å². The van der Waals surface area contributed by atoms with Gasteiger partial charge < -0.3 is 19.7 Å². The van der Waals surface area contributed by atoms with Crippen molar-refractivity contribution in [1.29, 1.82) is 0 Å². The number of nitrogens with one attached hydrogen (secondary N) is 1. The number of rotatable bonds is 4. The van der Waals surface area contributed by atoms with E-state index >= 15 is 0 Å². The average Bonchev–Trinajstić information content (AvgIpc) is 3.09. The van der Waals surface area contributed by atoms with Crippen molar-refractivity contribution in [3.63, 3.8) is 0 Å². The van der Waals surface area contributed by atoms with Crippen molar-refractivity contribution in [2.45, 2.75) is 19.1 Å². The number of carbonyl (C=O) groups is 1. The minimum atomic E-state index is -0.169. The first-order valence-corrected chi connectivity index (χ1v) is 8.45. The van der Waals surface area contributed by atoms with Crippen LogP contribution in [-0.2, 0) is 0 Å². The Bertz CT molecular complexity index is 660. The lowest BCUT2D eigenvalue weighted by atomic mass is 10.2. The van der Waals surface area contributed by atoms with Crippen molar-refractivity contribution in [3.05, 3.63) is 46.7 Å². The average molecular weight is 332 g/mol. The number of fused-ring (bicyclic) bond motifs is 1. The third-order valence-electron chi connectivity index (χ3n) is 3.70. The van der Waals surface area contributed by atoms with Crippen LogP contribution >= 0.6 is 11.3 Å². The number of carbonyl (C=O) groups excluding carboxylic acids is 1. The van der Waals surface area contributed by atoms with Crippen LogP contribution in [0, 0.1) is 0 Å². The summed E-state index contributed by atoms with van der Waals surface area (Å²) in [5.41, 5.74) is 0. The summed E-state index contributed by atoms with van der Waals surface area (Å²) in [4.78, 5) is 15.1. The minimum absolute atomic E-state index is 0.00537. The van der Waals surface area contributed by atoms with Gasteiger partial charge >= 0.3 is 6.03 Å². The second-order valence-corrected chi connectivity index (χ2v) is 6.54. The highest BCUT2D eigenvalue weighted by atomic mass is 32.1. The summed E-state index contributed by atoms with van der Waals surface area (Å²) in [5, 5.41) is 5.00. The van der Waals surface area contributed by atoms with Gasteiger partial charge in [0.15, 0.2) is 17.6 Å². The third-order valence-corrected chi connectivity index (χ3v) is 4.76. The van der Waals surface area contributed by atoms with E-state index in [2.05, 4.69) is 5.32 Å². The molecule has 3 rings (SSSR count). The van der Waals surface area contributed by atoms with Gasteiger partial charge in [0, 0.05) is 11.9 Å². The molecule has 2 atom stereocenters. The molecular formula is C17H20N2O3S. The predicted octanol–water partition coefficient (Wildman–Crippen LogP) is 3.29. The Hall–Kier alpha value is -2.21. The van der Waals surface area contributed by atoms with Gasteiger partial charge in [0.2, 0.25) is 0 Å². The Kier molecular flexibility index (Phi) is 4.71. The zero-order chi connectivity index (χ0) is 16.2. The molecule has 0 unspecified atom stereocenters. The van der Waals surface area contributed by atoms with Gasteiger partial charge in [-0.05, 0) is 30.5 Å². The normalized spacial score (nSPS) is 17.4. The molecule has 0 bridgehead atoms. The van der Waals surface area contributed by atoms with Crippen LogP contribution < -0.4 is 14.8 Å². The molecular weight excluding hydrogens is 312 g/mol. The van der Waals surface area contributed by atoms with E-state index in [0.717, 1.165) is 16.4 Å². The summed E-state index contributed by atoms with van der Waals surface area (Å²) < 4.78 is 11.6. The fraction of sp³-hybridized carbons (Fsp3) is 0.353. The number of hydrogen-bond donors (Lipinski definition) is 1. The van der Waals surface area contributed by atoms with Crippen LogP contribution in [-0.4, -0.2) is 37.2 Å². The Morgan fingerprint density at radius 3 is 2.87 bits per heavy atom. The second kappa shape index (κ2) is 6.91. The topological polar surface area (TPSA) is 50.8 Å². The number of para-hydroxylation sites is 2. The molecule has 2 heterocycles. The van der Waals surface area contributed by atoms with Gasteiger partial charge in [-0.1, -0.05) is 18.2 Å². The summed E-state index contributed by atoms with van der Waals surface area (Å²) in [6, 6.07) is 11.5. The summed E-state index contributed by atoms with van der Waals surface area (Å²) in [6.07, 6.45) is -0.169. The molecule has 1 aromatic carbocycles. The number of hydrogen-bond acceptors (Lipinski definition) is 4. The van der Waals surface area contributed by atoms with E-state index < -0.39 is 0 Å². The van der Waals surface area contributed by atoms with Crippen molar-refractivity contribution in [2.75, 3.05) is 20.2 Å².